The van der Waals surface area contributed by atoms with Gasteiger partial charge in [-0.1, -0.05) is 30.0 Å². The number of hydrogen-bond donors (Lipinski definition) is 2. The molecule has 0 unspecified atom stereocenters. The van der Waals surface area contributed by atoms with Gasteiger partial charge >= 0.3 is 0 Å². The van der Waals surface area contributed by atoms with Crippen molar-refractivity contribution in [3.63, 3.8) is 0 Å². The zero-order valence-corrected chi connectivity index (χ0v) is 17.1. The Morgan fingerprint density at radius 2 is 1.79 bits per heavy atom. The Labute approximate surface area is 172 Å². The molecule has 0 atom stereocenters. The summed E-state index contributed by atoms with van der Waals surface area (Å²) in [4.78, 5) is 0.513. The van der Waals surface area contributed by atoms with Gasteiger partial charge in [-0.15, -0.1) is 0 Å². The van der Waals surface area contributed by atoms with Crippen molar-refractivity contribution in [2.24, 2.45) is 0 Å². The van der Waals surface area contributed by atoms with Crippen LogP contribution in [-0.2, 0) is 6.54 Å². The summed E-state index contributed by atoms with van der Waals surface area (Å²) in [5, 5.41) is 11.3. The molecule has 2 N–H and O–H groups in total. The van der Waals surface area contributed by atoms with Crippen molar-refractivity contribution in [1.29, 1.82) is 0 Å². The highest BCUT2D eigenvalue weighted by Crippen LogP contribution is 2.26. The average molecular weight is 419 g/mol. The highest BCUT2D eigenvalue weighted by Gasteiger charge is 2.13. The van der Waals surface area contributed by atoms with Crippen LogP contribution in [0.1, 0.15) is 17.0 Å². The van der Waals surface area contributed by atoms with Crippen LogP contribution < -0.4 is 10.6 Å². The molecule has 0 radical (unpaired) electrons. The maximum Gasteiger partial charge on any atom is 0.288 e. The van der Waals surface area contributed by atoms with E-state index in [9.17, 15) is 8.78 Å². The molecule has 3 rings (SSSR count). The summed E-state index contributed by atoms with van der Waals surface area (Å²) in [6, 6.07) is 16.7. The highest BCUT2D eigenvalue weighted by atomic mass is 32.2. The summed E-state index contributed by atoms with van der Waals surface area (Å²) < 4.78 is 26.7. The van der Waals surface area contributed by atoms with Gasteiger partial charge in [0.1, 0.15) is 0 Å². The second kappa shape index (κ2) is 9.16. The fourth-order valence-electron chi connectivity index (χ4n) is 2.82. The van der Waals surface area contributed by atoms with Gasteiger partial charge in [0.05, 0.1) is 11.4 Å². The number of hydrogen-bond acceptors (Lipinski definition) is 3. The predicted octanol–water partition coefficient (Wildman–Crippen LogP) is 5.29. The zero-order chi connectivity index (χ0) is 20.1. The third-order valence-corrected chi connectivity index (χ3v) is 5.17. The van der Waals surface area contributed by atoms with Crippen molar-refractivity contribution in [3.8, 4) is 5.69 Å². The first-order valence-electron chi connectivity index (χ1n) is 8.64. The van der Waals surface area contributed by atoms with Gasteiger partial charge in [-0.2, -0.15) is 13.9 Å². The molecule has 1 aromatic heterocycles. The molecule has 0 bridgehead atoms. The van der Waals surface area contributed by atoms with Gasteiger partial charge in [0.15, 0.2) is 5.11 Å². The second-order valence-corrected chi connectivity index (χ2v) is 7.58. The van der Waals surface area contributed by atoms with E-state index in [1.54, 1.807) is 24.3 Å². The van der Waals surface area contributed by atoms with E-state index in [0.717, 1.165) is 28.3 Å². The van der Waals surface area contributed by atoms with Crippen LogP contribution in [0.3, 0.4) is 0 Å². The van der Waals surface area contributed by atoms with Gasteiger partial charge in [0, 0.05) is 28.4 Å². The van der Waals surface area contributed by atoms with Crippen molar-refractivity contribution < 1.29 is 8.78 Å². The molecule has 3 aromatic rings. The Hall–Kier alpha value is -2.45. The molecule has 1 heterocycles. The van der Waals surface area contributed by atoms with E-state index in [1.807, 2.05) is 48.9 Å². The Kier molecular flexibility index (Phi) is 6.64. The lowest BCUT2D eigenvalue weighted by Crippen LogP contribution is -2.28. The summed E-state index contributed by atoms with van der Waals surface area (Å²) in [6.07, 6.45) is 0. The molecule has 4 nitrogen and oxygen atoms in total. The van der Waals surface area contributed by atoms with E-state index >= 15 is 0 Å². The maximum absolute atomic E-state index is 12.4. The number of aromatic nitrogens is 2. The van der Waals surface area contributed by atoms with E-state index < -0.39 is 5.76 Å². The van der Waals surface area contributed by atoms with Gasteiger partial charge in [-0.25, -0.2) is 4.68 Å². The minimum Gasteiger partial charge on any atom is -0.358 e. The van der Waals surface area contributed by atoms with Crippen LogP contribution in [0.2, 0.25) is 0 Å². The van der Waals surface area contributed by atoms with Gasteiger partial charge in [-0.3, -0.25) is 0 Å². The van der Waals surface area contributed by atoms with Crippen molar-refractivity contribution in [2.45, 2.75) is 31.0 Å². The fourth-order valence-corrected chi connectivity index (χ4v) is 3.50. The molecular weight excluding hydrogens is 398 g/mol. The van der Waals surface area contributed by atoms with Crippen LogP contribution in [0.25, 0.3) is 5.69 Å². The number of anilines is 1. The largest absolute Gasteiger partial charge is 0.358 e. The van der Waals surface area contributed by atoms with Crippen molar-refractivity contribution in [2.75, 3.05) is 5.32 Å². The number of nitrogens with one attached hydrogen (secondary N) is 2. The van der Waals surface area contributed by atoms with Crippen LogP contribution in [-0.4, -0.2) is 20.7 Å². The number of para-hydroxylation sites is 1. The lowest BCUT2D eigenvalue weighted by molar-refractivity contribution is 0.252. The lowest BCUT2D eigenvalue weighted by Gasteiger charge is -2.11. The molecule has 8 heteroatoms. The van der Waals surface area contributed by atoms with Gasteiger partial charge in [0.25, 0.3) is 5.76 Å². The predicted molar refractivity (Wildman–Crippen MR) is 114 cm³/mol. The van der Waals surface area contributed by atoms with Crippen LogP contribution in [0.4, 0.5) is 14.5 Å². The molecule has 2 aromatic carbocycles. The topological polar surface area (TPSA) is 41.9 Å². The molecule has 0 fully saturated rings. The number of nitrogens with zero attached hydrogens (tertiary/aromatic N) is 2. The number of aryl methyl sites for hydroxylation is 1. The fraction of sp³-hybridized carbons (Fsp3) is 0.200. The second-order valence-electron chi connectivity index (χ2n) is 6.11. The Bertz CT molecular complexity index is 941. The van der Waals surface area contributed by atoms with Crippen molar-refractivity contribution >= 4 is 34.8 Å². The van der Waals surface area contributed by atoms with E-state index in [0.29, 0.717) is 28.3 Å². The van der Waals surface area contributed by atoms with Gasteiger partial charge in [-0.05, 0) is 62.5 Å². The summed E-state index contributed by atoms with van der Waals surface area (Å²) in [6.45, 7) is 4.54. The maximum atomic E-state index is 12.4. The third kappa shape index (κ3) is 5.08. The lowest BCUT2D eigenvalue weighted by atomic mass is 10.2. The van der Waals surface area contributed by atoms with E-state index in [-0.39, 0.29) is 0 Å². The van der Waals surface area contributed by atoms with E-state index in [2.05, 4.69) is 15.7 Å². The number of benzene rings is 2. The number of alkyl halides is 2. The Morgan fingerprint density at radius 3 is 2.43 bits per heavy atom. The van der Waals surface area contributed by atoms with Crippen LogP contribution >= 0.6 is 24.0 Å². The molecule has 0 amide bonds. The minimum atomic E-state index is -2.43. The van der Waals surface area contributed by atoms with E-state index in [4.69, 9.17) is 12.2 Å². The zero-order valence-electron chi connectivity index (χ0n) is 15.4. The smallest absolute Gasteiger partial charge is 0.288 e. The van der Waals surface area contributed by atoms with Gasteiger partial charge < -0.3 is 10.6 Å². The summed E-state index contributed by atoms with van der Waals surface area (Å²) in [5.74, 6) is -2.43. The molecule has 0 saturated carbocycles. The first-order chi connectivity index (χ1) is 13.4. The van der Waals surface area contributed by atoms with E-state index in [1.165, 1.54) is 0 Å². The molecule has 0 spiro atoms. The molecule has 0 aliphatic heterocycles. The standard InChI is InChI=1S/C20H20F2N4S2/c1-13-18(14(2)26(25-13)16-6-4-3-5-7-16)12-23-20(27)24-15-8-10-17(11-9-15)28-19(21)22/h3-11,19H,12H2,1-2H3,(H2,23,24,27). The van der Waals surface area contributed by atoms with Crippen molar-refractivity contribution in [3.05, 3.63) is 71.5 Å². The van der Waals surface area contributed by atoms with Crippen LogP contribution in [0.15, 0.2) is 59.5 Å². The van der Waals surface area contributed by atoms with Crippen LogP contribution in [0, 0.1) is 13.8 Å². The number of rotatable bonds is 6. The third-order valence-electron chi connectivity index (χ3n) is 4.21. The SMILES string of the molecule is Cc1nn(-c2ccccc2)c(C)c1CNC(=S)Nc1ccc(SC(F)F)cc1. The molecule has 0 aliphatic rings. The first kappa shape index (κ1) is 20.3. The quantitative estimate of drug-likeness (QED) is 0.421. The first-order valence-corrected chi connectivity index (χ1v) is 9.93. The summed E-state index contributed by atoms with van der Waals surface area (Å²) in [5.41, 5.74) is 4.82. The average Bonchev–Trinajstić information content (AvgIpc) is 2.96. The van der Waals surface area contributed by atoms with Crippen LogP contribution in [0.5, 0.6) is 0 Å². The Balaban J connectivity index is 1.61. The van der Waals surface area contributed by atoms with Gasteiger partial charge in [0.2, 0.25) is 0 Å². The summed E-state index contributed by atoms with van der Waals surface area (Å²) >= 11 is 5.87. The molecule has 28 heavy (non-hydrogen) atoms. The monoisotopic (exact) mass is 418 g/mol. The number of thiocarbonyl (C=S) groups is 1. The molecule has 0 aliphatic carbocycles. The Morgan fingerprint density at radius 1 is 1.11 bits per heavy atom. The molecular formula is C20H20F2N4S2. The number of thioether (sulfide) groups is 1. The summed E-state index contributed by atoms with van der Waals surface area (Å²) in [7, 11) is 0. The molecule has 146 valence electrons. The minimum absolute atomic E-state index is 0.459. The molecule has 0 saturated heterocycles. The highest BCUT2D eigenvalue weighted by molar-refractivity contribution is 7.99. The number of halogens is 2. The normalized spacial score (nSPS) is 10.9. The van der Waals surface area contributed by atoms with Crippen molar-refractivity contribution in [1.82, 2.24) is 15.1 Å².